The fourth-order valence-electron chi connectivity index (χ4n) is 2.17. The zero-order valence-electron chi connectivity index (χ0n) is 12.7. The Balaban J connectivity index is 2.33. The summed E-state index contributed by atoms with van der Waals surface area (Å²) in [6, 6.07) is 10.1. The predicted molar refractivity (Wildman–Crippen MR) is 82.3 cm³/mol. The lowest BCUT2D eigenvalue weighted by atomic mass is 10.1. The Bertz CT molecular complexity index is 594. The van der Waals surface area contributed by atoms with Gasteiger partial charge in [0.1, 0.15) is 5.75 Å². The Morgan fingerprint density at radius 2 is 1.95 bits per heavy atom. The highest BCUT2D eigenvalue weighted by molar-refractivity contribution is 5.39. The zero-order valence-corrected chi connectivity index (χ0v) is 12.7. The van der Waals surface area contributed by atoms with Crippen LogP contribution >= 0.6 is 0 Å². The number of pyridine rings is 1. The maximum absolute atomic E-state index is 6.00. The topological polar surface area (TPSA) is 34.2 Å². The van der Waals surface area contributed by atoms with Crippen LogP contribution in [0.15, 0.2) is 30.3 Å². The molecule has 1 aromatic heterocycles. The molecule has 1 heterocycles. The van der Waals surface area contributed by atoms with Gasteiger partial charge < -0.3 is 10.1 Å². The second-order valence-corrected chi connectivity index (χ2v) is 5.06. The van der Waals surface area contributed by atoms with Crippen LogP contribution < -0.4 is 10.1 Å². The first-order chi connectivity index (χ1) is 9.60. The number of aromatic nitrogens is 1. The summed E-state index contributed by atoms with van der Waals surface area (Å²) in [5, 5.41) is 3.34. The fraction of sp³-hybridized carbons (Fsp3) is 0.353. The molecule has 0 aliphatic heterocycles. The highest BCUT2D eigenvalue weighted by Gasteiger charge is 2.11. The molecule has 0 saturated carbocycles. The normalized spacial score (nSPS) is 10.6. The molecule has 2 rings (SSSR count). The lowest BCUT2D eigenvalue weighted by molar-refractivity contribution is 0.451. The molecule has 0 radical (unpaired) electrons. The molecule has 0 saturated heterocycles. The molecule has 1 aromatic carbocycles. The van der Waals surface area contributed by atoms with Crippen LogP contribution in [0.25, 0.3) is 0 Å². The van der Waals surface area contributed by atoms with Crippen LogP contribution in [0.3, 0.4) is 0 Å². The molecule has 0 bridgehead atoms. The maximum atomic E-state index is 6.00. The van der Waals surface area contributed by atoms with Crippen molar-refractivity contribution < 1.29 is 4.74 Å². The van der Waals surface area contributed by atoms with Crippen molar-refractivity contribution in [2.45, 2.75) is 34.2 Å². The minimum absolute atomic E-state index is 0.703. The van der Waals surface area contributed by atoms with Crippen LogP contribution in [-0.4, -0.2) is 11.5 Å². The van der Waals surface area contributed by atoms with E-state index in [-0.39, 0.29) is 0 Å². The van der Waals surface area contributed by atoms with Gasteiger partial charge in [0.2, 0.25) is 5.88 Å². The van der Waals surface area contributed by atoms with Crippen molar-refractivity contribution in [3.63, 3.8) is 0 Å². The summed E-state index contributed by atoms with van der Waals surface area (Å²) in [6.45, 7) is 9.95. The molecule has 0 unspecified atom stereocenters. The van der Waals surface area contributed by atoms with E-state index in [1.807, 2.05) is 25.1 Å². The van der Waals surface area contributed by atoms with Gasteiger partial charge in [0.05, 0.1) is 0 Å². The van der Waals surface area contributed by atoms with Crippen LogP contribution in [-0.2, 0) is 6.54 Å². The summed E-state index contributed by atoms with van der Waals surface area (Å²) in [5.74, 6) is 1.54. The second kappa shape index (κ2) is 6.53. The Labute approximate surface area is 121 Å². The Hall–Kier alpha value is -1.87. The van der Waals surface area contributed by atoms with Crippen molar-refractivity contribution in [2.75, 3.05) is 6.54 Å². The molecule has 0 amide bonds. The van der Waals surface area contributed by atoms with Crippen molar-refractivity contribution in [1.29, 1.82) is 0 Å². The molecule has 3 nitrogen and oxygen atoms in total. The van der Waals surface area contributed by atoms with E-state index in [4.69, 9.17) is 4.74 Å². The number of rotatable bonds is 5. The van der Waals surface area contributed by atoms with Crippen LogP contribution in [0, 0.1) is 20.8 Å². The summed E-state index contributed by atoms with van der Waals surface area (Å²) in [7, 11) is 0. The standard InChI is InChI=1S/C17H22N2O/c1-5-18-11-16-13(3)10-14(4)19-17(16)20-15-8-6-7-12(2)9-15/h6-10,18H,5,11H2,1-4H3. The predicted octanol–water partition coefficient (Wildman–Crippen LogP) is 3.91. The van der Waals surface area contributed by atoms with Crippen molar-refractivity contribution in [3.8, 4) is 11.6 Å². The molecular weight excluding hydrogens is 248 g/mol. The number of aryl methyl sites for hydroxylation is 3. The molecule has 0 fully saturated rings. The van der Waals surface area contributed by atoms with E-state index >= 15 is 0 Å². The van der Waals surface area contributed by atoms with E-state index in [2.05, 4.69) is 43.2 Å². The molecule has 2 aromatic rings. The number of benzene rings is 1. The molecular formula is C17H22N2O. The third-order valence-electron chi connectivity index (χ3n) is 3.19. The highest BCUT2D eigenvalue weighted by atomic mass is 16.5. The Morgan fingerprint density at radius 1 is 1.15 bits per heavy atom. The first kappa shape index (κ1) is 14.5. The van der Waals surface area contributed by atoms with Gasteiger partial charge in [-0.05, 0) is 56.6 Å². The third kappa shape index (κ3) is 3.58. The van der Waals surface area contributed by atoms with E-state index in [0.717, 1.165) is 30.1 Å². The summed E-state index contributed by atoms with van der Waals surface area (Å²) >= 11 is 0. The molecule has 3 heteroatoms. The average molecular weight is 270 g/mol. The summed E-state index contributed by atoms with van der Waals surface area (Å²) in [6.07, 6.45) is 0. The first-order valence-corrected chi connectivity index (χ1v) is 7.02. The van der Waals surface area contributed by atoms with Crippen LogP contribution in [0.1, 0.15) is 29.3 Å². The van der Waals surface area contributed by atoms with Gasteiger partial charge in [-0.1, -0.05) is 19.1 Å². The maximum Gasteiger partial charge on any atom is 0.224 e. The molecule has 0 aliphatic carbocycles. The highest BCUT2D eigenvalue weighted by Crippen LogP contribution is 2.26. The van der Waals surface area contributed by atoms with Crippen LogP contribution in [0.2, 0.25) is 0 Å². The largest absolute Gasteiger partial charge is 0.439 e. The summed E-state index contributed by atoms with van der Waals surface area (Å²) in [4.78, 5) is 4.55. The number of hydrogen-bond donors (Lipinski definition) is 1. The zero-order chi connectivity index (χ0) is 14.5. The van der Waals surface area contributed by atoms with Crippen LogP contribution in [0.5, 0.6) is 11.6 Å². The molecule has 106 valence electrons. The van der Waals surface area contributed by atoms with E-state index in [9.17, 15) is 0 Å². The van der Waals surface area contributed by atoms with Gasteiger partial charge in [-0.2, -0.15) is 0 Å². The van der Waals surface area contributed by atoms with Crippen LogP contribution in [0.4, 0.5) is 0 Å². The lowest BCUT2D eigenvalue weighted by Gasteiger charge is -2.14. The average Bonchev–Trinajstić information content (AvgIpc) is 2.37. The number of hydrogen-bond acceptors (Lipinski definition) is 3. The summed E-state index contributed by atoms with van der Waals surface area (Å²) < 4.78 is 6.00. The molecule has 0 atom stereocenters. The van der Waals surface area contributed by atoms with E-state index < -0.39 is 0 Å². The number of nitrogens with one attached hydrogen (secondary N) is 1. The Kier molecular flexibility index (Phi) is 4.74. The van der Waals surface area contributed by atoms with Gasteiger partial charge in [-0.15, -0.1) is 0 Å². The van der Waals surface area contributed by atoms with Gasteiger partial charge in [-0.25, -0.2) is 4.98 Å². The van der Waals surface area contributed by atoms with E-state index in [1.165, 1.54) is 11.1 Å². The minimum Gasteiger partial charge on any atom is -0.439 e. The van der Waals surface area contributed by atoms with Gasteiger partial charge in [0.15, 0.2) is 0 Å². The quantitative estimate of drug-likeness (QED) is 0.894. The lowest BCUT2D eigenvalue weighted by Crippen LogP contribution is -2.14. The summed E-state index contributed by atoms with van der Waals surface area (Å²) in [5.41, 5.74) is 4.49. The Morgan fingerprint density at radius 3 is 2.65 bits per heavy atom. The number of ether oxygens (including phenoxy) is 1. The molecule has 0 aliphatic rings. The van der Waals surface area contributed by atoms with Crippen molar-refractivity contribution in [3.05, 3.63) is 52.7 Å². The minimum atomic E-state index is 0.703. The van der Waals surface area contributed by atoms with Gasteiger partial charge in [-0.3, -0.25) is 0 Å². The SMILES string of the molecule is CCNCc1c(C)cc(C)nc1Oc1cccc(C)c1. The monoisotopic (exact) mass is 270 g/mol. The van der Waals surface area contributed by atoms with Gasteiger partial charge >= 0.3 is 0 Å². The molecule has 20 heavy (non-hydrogen) atoms. The second-order valence-electron chi connectivity index (χ2n) is 5.06. The smallest absolute Gasteiger partial charge is 0.224 e. The van der Waals surface area contributed by atoms with Crippen molar-refractivity contribution in [1.82, 2.24) is 10.3 Å². The van der Waals surface area contributed by atoms with Crippen molar-refractivity contribution in [2.24, 2.45) is 0 Å². The molecule has 1 N–H and O–H groups in total. The first-order valence-electron chi connectivity index (χ1n) is 7.02. The van der Waals surface area contributed by atoms with Gasteiger partial charge in [0, 0.05) is 17.8 Å². The molecule has 0 spiro atoms. The van der Waals surface area contributed by atoms with E-state index in [0.29, 0.717) is 5.88 Å². The van der Waals surface area contributed by atoms with E-state index in [1.54, 1.807) is 0 Å². The number of nitrogens with zero attached hydrogens (tertiary/aromatic N) is 1. The van der Waals surface area contributed by atoms with Gasteiger partial charge in [0.25, 0.3) is 0 Å². The fourth-order valence-corrected chi connectivity index (χ4v) is 2.17. The van der Waals surface area contributed by atoms with Crippen molar-refractivity contribution >= 4 is 0 Å². The third-order valence-corrected chi connectivity index (χ3v) is 3.19.